The maximum atomic E-state index is 12.2. The maximum absolute atomic E-state index is 12.2. The summed E-state index contributed by atoms with van der Waals surface area (Å²) in [4.78, 5) is 24.2. The minimum absolute atomic E-state index is 0.0656. The van der Waals surface area contributed by atoms with Crippen LogP contribution in [0.15, 0.2) is 12.2 Å². The van der Waals surface area contributed by atoms with Crippen LogP contribution >= 0.6 is 7.82 Å². The molecule has 0 aromatic rings. The van der Waals surface area contributed by atoms with E-state index >= 15 is 0 Å². The Morgan fingerprint density at radius 3 is 2.38 bits per heavy atom. The third-order valence-corrected chi connectivity index (χ3v) is 5.21. The van der Waals surface area contributed by atoms with Gasteiger partial charge >= 0.3 is 0 Å². The second-order valence-corrected chi connectivity index (χ2v) is 10.4. The van der Waals surface area contributed by atoms with E-state index in [2.05, 4.69) is 18.3 Å². The molecule has 0 saturated carbocycles. The van der Waals surface area contributed by atoms with Crippen molar-refractivity contribution >= 4 is 13.7 Å². The van der Waals surface area contributed by atoms with Gasteiger partial charge in [0.25, 0.3) is 7.82 Å². The lowest BCUT2D eigenvalue weighted by Gasteiger charge is -2.29. The largest absolute Gasteiger partial charge is 0.756 e. The first-order chi connectivity index (χ1) is 13.4. The van der Waals surface area contributed by atoms with Crippen LogP contribution in [0.25, 0.3) is 0 Å². The summed E-state index contributed by atoms with van der Waals surface area (Å²) in [7, 11) is 1.48. The average Bonchev–Trinajstić information content (AvgIpc) is 2.57. The van der Waals surface area contributed by atoms with Crippen molar-refractivity contribution < 1.29 is 27.8 Å². The van der Waals surface area contributed by atoms with E-state index in [1.807, 2.05) is 41.1 Å². The van der Waals surface area contributed by atoms with Gasteiger partial charge in [-0.3, -0.25) is 9.36 Å². The molecule has 0 aromatic carbocycles. The van der Waals surface area contributed by atoms with Crippen LogP contribution in [0.2, 0.25) is 0 Å². The molecule has 0 saturated heterocycles. The number of nitrogens with zero attached hydrogens (tertiary/aromatic N) is 1. The third-order valence-electron chi connectivity index (χ3n) is 4.25. The van der Waals surface area contributed by atoms with Crippen LogP contribution in [0.1, 0.15) is 65.7 Å². The number of hydrogen-bond donors (Lipinski definition) is 1. The zero-order chi connectivity index (χ0) is 22.3. The van der Waals surface area contributed by atoms with E-state index in [0.717, 1.165) is 6.42 Å². The van der Waals surface area contributed by atoms with Crippen molar-refractivity contribution in [1.29, 1.82) is 0 Å². The molecule has 2 atom stereocenters. The second-order valence-electron chi connectivity index (χ2n) is 8.99. The van der Waals surface area contributed by atoms with E-state index in [9.17, 15) is 14.3 Å². The molecule has 7 nitrogen and oxygen atoms in total. The van der Waals surface area contributed by atoms with Crippen LogP contribution < -0.4 is 10.2 Å². The van der Waals surface area contributed by atoms with Gasteiger partial charge in [0, 0.05) is 6.42 Å². The zero-order valence-electron chi connectivity index (χ0n) is 19.3. The summed E-state index contributed by atoms with van der Waals surface area (Å²) in [5.41, 5.74) is 0. The van der Waals surface area contributed by atoms with Gasteiger partial charge in [-0.15, -0.1) is 0 Å². The lowest BCUT2D eigenvalue weighted by molar-refractivity contribution is -0.870. The topological polar surface area (TPSA) is 87.7 Å². The molecule has 0 spiro atoms. The number of allylic oxidation sites excluding steroid dienone is 2. The summed E-state index contributed by atoms with van der Waals surface area (Å²) in [5.74, 6) is 0.205. The minimum atomic E-state index is -4.38. The number of phosphoric ester groups is 1. The van der Waals surface area contributed by atoms with Gasteiger partial charge in [0.1, 0.15) is 13.2 Å². The summed E-state index contributed by atoms with van der Waals surface area (Å²) < 4.78 is 22.5. The monoisotopic (exact) mass is 434 g/mol. The molecule has 0 aliphatic rings. The van der Waals surface area contributed by atoms with Crippen LogP contribution in [0.4, 0.5) is 0 Å². The zero-order valence-corrected chi connectivity index (χ0v) is 20.2. The molecule has 1 unspecified atom stereocenters. The SMILES string of the molecule is CCCCC/C=C\CCC(=O)N[C@H](COP(=O)([O-])OCC[N+](C)(C)C)CC(C)C. The Bertz CT molecular complexity index is 518. The summed E-state index contributed by atoms with van der Waals surface area (Å²) in [6.07, 6.45) is 10.5. The van der Waals surface area contributed by atoms with Gasteiger partial charge in [0.05, 0.1) is 33.8 Å². The highest BCUT2D eigenvalue weighted by Gasteiger charge is 2.19. The molecule has 0 aromatic heterocycles. The molecule has 1 amide bonds. The Morgan fingerprint density at radius 1 is 1.14 bits per heavy atom. The Hall–Kier alpha value is -0.720. The van der Waals surface area contributed by atoms with Crippen LogP contribution in [0.5, 0.6) is 0 Å². The first-order valence-electron chi connectivity index (χ1n) is 10.8. The summed E-state index contributed by atoms with van der Waals surface area (Å²) in [6, 6.07) is -0.361. The molecule has 0 rings (SSSR count). The maximum Gasteiger partial charge on any atom is 0.268 e. The van der Waals surface area contributed by atoms with Gasteiger partial charge in [-0.05, 0) is 31.6 Å². The Labute approximate surface area is 178 Å². The predicted molar refractivity (Wildman–Crippen MR) is 116 cm³/mol. The van der Waals surface area contributed by atoms with Crippen molar-refractivity contribution in [1.82, 2.24) is 5.32 Å². The van der Waals surface area contributed by atoms with Crippen LogP contribution in [-0.2, 0) is 18.4 Å². The second kappa shape index (κ2) is 15.1. The van der Waals surface area contributed by atoms with Crippen molar-refractivity contribution in [3.63, 3.8) is 0 Å². The van der Waals surface area contributed by atoms with Gasteiger partial charge in [0.15, 0.2) is 0 Å². The number of rotatable bonds is 17. The molecule has 0 aliphatic carbocycles. The third kappa shape index (κ3) is 19.0. The number of phosphoric acid groups is 1. The molecule has 0 aliphatic heterocycles. The van der Waals surface area contributed by atoms with Crippen molar-refractivity contribution in [3.8, 4) is 0 Å². The number of quaternary nitrogens is 1. The van der Waals surface area contributed by atoms with Crippen molar-refractivity contribution in [3.05, 3.63) is 12.2 Å². The van der Waals surface area contributed by atoms with Gasteiger partial charge in [-0.25, -0.2) is 0 Å². The number of hydrogen-bond acceptors (Lipinski definition) is 5. The molecular formula is C21H43N2O5P. The van der Waals surface area contributed by atoms with Crippen LogP contribution in [0, 0.1) is 5.92 Å². The fourth-order valence-corrected chi connectivity index (χ4v) is 3.39. The van der Waals surface area contributed by atoms with Crippen LogP contribution in [-0.4, -0.2) is 57.3 Å². The van der Waals surface area contributed by atoms with E-state index in [1.54, 1.807) is 0 Å². The van der Waals surface area contributed by atoms with Gasteiger partial charge in [-0.2, -0.15) is 0 Å². The lowest BCUT2D eigenvalue weighted by atomic mass is 10.0. The number of carbonyl (C=O) groups excluding carboxylic acids is 1. The van der Waals surface area contributed by atoms with E-state index in [-0.39, 0.29) is 25.2 Å². The fourth-order valence-electron chi connectivity index (χ4n) is 2.64. The van der Waals surface area contributed by atoms with E-state index in [4.69, 9.17) is 9.05 Å². The van der Waals surface area contributed by atoms with Gasteiger partial charge < -0.3 is 23.7 Å². The van der Waals surface area contributed by atoms with Crippen molar-refractivity contribution in [2.24, 2.45) is 5.92 Å². The molecule has 0 bridgehead atoms. The first-order valence-corrected chi connectivity index (χ1v) is 12.3. The molecule has 29 heavy (non-hydrogen) atoms. The molecule has 0 heterocycles. The number of nitrogens with one attached hydrogen (secondary N) is 1. The highest BCUT2D eigenvalue weighted by atomic mass is 31.2. The average molecular weight is 435 g/mol. The van der Waals surface area contributed by atoms with Gasteiger partial charge in [-0.1, -0.05) is 45.8 Å². The quantitative estimate of drug-likeness (QED) is 0.163. The first kappa shape index (κ1) is 28.3. The smallest absolute Gasteiger partial charge is 0.268 e. The molecule has 172 valence electrons. The van der Waals surface area contributed by atoms with Crippen molar-refractivity contribution in [2.45, 2.75) is 71.8 Å². The Balaban J connectivity index is 4.36. The Morgan fingerprint density at radius 2 is 1.79 bits per heavy atom. The number of carbonyl (C=O) groups is 1. The number of unbranched alkanes of at least 4 members (excludes halogenated alkanes) is 3. The highest BCUT2D eigenvalue weighted by Crippen LogP contribution is 2.38. The molecule has 0 radical (unpaired) electrons. The normalized spacial score (nSPS) is 15.6. The van der Waals surface area contributed by atoms with E-state index < -0.39 is 7.82 Å². The summed E-state index contributed by atoms with van der Waals surface area (Å²) >= 11 is 0. The molecule has 8 heteroatoms. The van der Waals surface area contributed by atoms with Gasteiger partial charge in [0.2, 0.25) is 5.91 Å². The number of amides is 1. The molecule has 1 N–H and O–H groups in total. The molecule has 0 fully saturated rings. The Kier molecular flexibility index (Phi) is 14.8. The summed E-state index contributed by atoms with van der Waals surface area (Å²) in [5, 5.41) is 2.90. The standard InChI is InChI=1S/C21H43N2O5P/c1-7-8-9-10-11-12-13-14-21(24)22-20(17-19(2)3)18-28-29(25,26)27-16-15-23(4,5)6/h11-12,19-20H,7-10,13-18H2,1-6H3,(H-,22,24,25,26)/b12-11-/t20-/m0/s1. The fraction of sp³-hybridized carbons (Fsp3) is 0.857. The van der Waals surface area contributed by atoms with Crippen molar-refractivity contribution in [2.75, 3.05) is 40.9 Å². The minimum Gasteiger partial charge on any atom is -0.756 e. The molecular weight excluding hydrogens is 391 g/mol. The van der Waals surface area contributed by atoms with Crippen LogP contribution in [0.3, 0.4) is 0 Å². The number of likely N-dealkylation sites (N-methyl/N-ethyl adjacent to an activating group) is 1. The summed E-state index contributed by atoms with van der Waals surface area (Å²) in [6.45, 7) is 6.72. The lowest BCUT2D eigenvalue weighted by Crippen LogP contribution is -2.39. The van der Waals surface area contributed by atoms with E-state index in [1.165, 1.54) is 19.3 Å². The predicted octanol–water partition coefficient (Wildman–Crippen LogP) is 3.64. The highest BCUT2D eigenvalue weighted by molar-refractivity contribution is 7.45. The van der Waals surface area contributed by atoms with E-state index in [0.29, 0.717) is 36.2 Å².